The van der Waals surface area contributed by atoms with E-state index in [9.17, 15) is 9.59 Å². The molecule has 2 aromatic rings. The van der Waals surface area contributed by atoms with Gasteiger partial charge in [0.1, 0.15) is 11.5 Å². The van der Waals surface area contributed by atoms with Crippen molar-refractivity contribution in [3.8, 4) is 11.5 Å². The summed E-state index contributed by atoms with van der Waals surface area (Å²) < 4.78 is 11.2. The number of benzene rings is 2. The minimum atomic E-state index is -0.169. The van der Waals surface area contributed by atoms with Gasteiger partial charge in [0.25, 0.3) is 11.8 Å². The van der Waals surface area contributed by atoms with Gasteiger partial charge in [0.05, 0.1) is 12.6 Å². The molecule has 172 valence electrons. The van der Waals surface area contributed by atoms with Crippen molar-refractivity contribution in [3.05, 3.63) is 59.7 Å². The van der Waals surface area contributed by atoms with Crippen LogP contribution in [0.2, 0.25) is 0 Å². The van der Waals surface area contributed by atoms with Gasteiger partial charge >= 0.3 is 0 Å². The molecular weight excluding hydrogens is 404 g/mol. The molecule has 1 N–H and O–H groups in total. The summed E-state index contributed by atoms with van der Waals surface area (Å²) in [6, 6.07) is 14.9. The number of likely N-dealkylation sites (tertiary alicyclic amines) is 1. The highest BCUT2D eigenvalue weighted by atomic mass is 16.5. The van der Waals surface area contributed by atoms with Crippen LogP contribution in [0.3, 0.4) is 0 Å². The van der Waals surface area contributed by atoms with Gasteiger partial charge in [0, 0.05) is 17.6 Å². The molecule has 1 saturated heterocycles. The highest BCUT2D eigenvalue weighted by Crippen LogP contribution is 2.23. The van der Waals surface area contributed by atoms with Crippen LogP contribution in [0, 0.1) is 0 Å². The first-order chi connectivity index (χ1) is 15.4. The van der Waals surface area contributed by atoms with Crippen LogP contribution in [0.1, 0.15) is 68.9 Å². The molecule has 3 atom stereocenters. The summed E-state index contributed by atoms with van der Waals surface area (Å²) in [7, 11) is 0. The number of carbonyl (C=O) groups is 2. The summed E-state index contributed by atoms with van der Waals surface area (Å²) >= 11 is 0. The van der Waals surface area contributed by atoms with Crippen molar-refractivity contribution >= 4 is 11.8 Å². The minimum Gasteiger partial charge on any atom is -0.494 e. The number of piperidine rings is 1. The van der Waals surface area contributed by atoms with E-state index in [1.807, 2.05) is 43.0 Å². The third-order valence-corrected chi connectivity index (χ3v) is 5.98. The quantitative estimate of drug-likeness (QED) is 0.646. The van der Waals surface area contributed by atoms with Crippen LogP contribution in [-0.2, 0) is 4.79 Å². The first-order valence-corrected chi connectivity index (χ1v) is 11.5. The Bertz CT molecular complexity index is 902. The van der Waals surface area contributed by atoms with E-state index in [2.05, 4.69) is 19.2 Å². The lowest BCUT2D eigenvalue weighted by Gasteiger charge is -2.38. The lowest BCUT2D eigenvalue weighted by molar-refractivity contribution is -0.139. The molecule has 32 heavy (non-hydrogen) atoms. The van der Waals surface area contributed by atoms with Crippen molar-refractivity contribution in [2.24, 2.45) is 0 Å². The van der Waals surface area contributed by atoms with Gasteiger partial charge in [-0.1, -0.05) is 12.1 Å². The molecule has 0 aromatic heterocycles. The number of nitrogens with zero attached hydrogens (tertiary/aromatic N) is 1. The fourth-order valence-electron chi connectivity index (χ4n) is 4.24. The van der Waals surface area contributed by atoms with Crippen LogP contribution < -0.4 is 14.8 Å². The molecule has 2 amide bonds. The lowest BCUT2D eigenvalue weighted by Crippen LogP contribution is -2.49. The zero-order valence-corrected chi connectivity index (χ0v) is 19.5. The van der Waals surface area contributed by atoms with Crippen molar-refractivity contribution in [2.45, 2.75) is 65.1 Å². The lowest BCUT2D eigenvalue weighted by atomic mass is 9.97. The first kappa shape index (κ1) is 23.6. The smallest absolute Gasteiger partial charge is 0.260 e. The molecule has 1 fully saturated rings. The zero-order valence-electron chi connectivity index (χ0n) is 19.5. The Morgan fingerprint density at radius 2 is 1.72 bits per heavy atom. The van der Waals surface area contributed by atoms with Crippen molar-refractivity contribution in [3.63, 3.8) is 0 Å². The van der Waals surface area contributed by atoms with Gasteiger partial charge < -0.3 is 19.7 Å². The van der Waals surface area contributed by atoms with E-state index in [0.717, 1.165) is 30.6 Å². The summed E-state index contributed by atoms with van der Waals surface area (Å²) in [4.78, 5) is 27.2. The van der Waals surface area contributed by atoms with Crippen LogP contribution >= 0.6 is 0 Å². The Morgan fingerprint density at radius 1 is 1.03 bits per heavy atom. The maximum atomic E-state index is 12.7. The van der Waals surface area contributed by atoms with E-state index in [0.29, 0.717) is 17.9 Å². The average molecular weight is 439 g/mol. The van der Waals surface area contributed by atoms with Crippen LogP contribution in [0.25, 0.3) is 0 Å². The van der Waals surface area contributed by atoms with Gasteiger partial charge in [0.2, 0.25) is 0 Å². The van der Waals surface area contributed by atoms with Gasteiger partial charge in [0.15, 0.2) is 6.61 Å². The fraction of sp³-hybridized carbons (Fsp3) is 0.462. The SMILES string of the molecule is CCOc1cccc(C(C)NC(=O)c2ccc(OCC(=O)N3C(C)CCCC3C)cc2)c1. The molecule has 0 saturated carbocycles. The van der Waals surface area contributed by atoms with Crippen LogP contribution in [-0.4, -0.2) is 42.0 Å². The van der Waals surface area contributed by atoms with Gasteiger partial charge in [-0.15, -0.1) is 0 Å². The molecule has 0 radical (unpaired) electrons. The highest BCUT2D eigenvalue weighted by molar-refractivity contribution is 5.94. The second kappa shape index (κ2) is 11.0. The van der Waals surface area contributed by atoms with E-state index in [-0.39, 0.29) is 36.5 Å². The maximum absolute atomic E-state index is 12.7. The number of nitrogens with one attached hydrogen (secondary N) is 1. The van der Waals surface area contributed by atoms with E-state index in [1.54, 1.807) is 24.3 Å². The molecule has 3 rings (SSSR count). The molecule has 1 heterocycles. The molecule has 6 heteroatoms. The summed E-state index contributed by atoms with van der Waals surface area (Å²) in [6.45, 7) is 8.67. The molecule has 1 aliphatic heterocycles. The Hall–Kier alpha value is -3.02. The number of ether oxygens (including phenoxy) is 2. The minimum absolute atomic E-state index is 0.00737. The van der Waals surface area contributed by atoms with Gasteiger partial charge in [-0.05, 0) is 88.9 Å². The predicted molar refractivity (Wildman–Crippen MR) is 125 cm³/mol. The molecule has 0 bridgehead atoms. The summed E-state index contributed by atoms with van der Waals surface area (Å²) in [5.74, 6) is 1.20. The molecule has 3 unspecified atom stereocenters. The van der Waals surface area contributed by atoms with E-state index in [4.69, 9.17) is 9.47 Å². The monoisotopic (exact) mass is 438 g/mol. The van der Waals surface area contributed by atoms with Gasteiger partial charge in [-0.2, -0.15) is 0 Å². The van der Waals surface area contributed by atoms with Crippen LogP contribution in [0.4, 0.5) is 0 Å². The molecule has 0 aliphatic carbocycles. The predicted octanol–water partition coefficient (Wildman–Crippen LogP) is 4.74. The number of carbonyl (C=O) groups excluding carboxylic acids is 2. The molecule has 2 aromatic carbocycles. The van der Waals surface area contributed by atoms with Gasteiger partial charge in [-0.25, -0.2) is 0 Å². The molecule has 1 aliphatic rings. The number of hydrogen-bond acceptors (Lipinski definition) is 4. The second-order valence-corrected chi connectivity index (χ2v) is 8.44. The van der Waals surface area contributed by atoms with Crippen molar-refractivity contribution in [2.75, 3.05) is 13.2 Å². The van der Waals surface area contributed by atoms with E-state index >= 15 is 0 Å². The van der Waals surface area contributed by atoms with Crippen molar-refractivity contribution < 1.29 is 19.1 Å². The fourth-order valence-corrected chi connectivity index (χ4v) is 4.24. The van der Waals surface area contributed by atoms with Crippen molar-refractivity contribution in [1.29, 1.82) is 0 Å². The second-order valence-electron chi connectivity index (χ2n) is 8.44. The highest BCUT2D eigenvalue weighted by Gasteiger charge is 2.29. The normalized spacial score (nSPS) is 19.2. The Kier molecular flexibility index (Phi) is 8.14. The summed E-state index contributed by atoms with van der Waals surface area (Å²) in [5.41, 5.74) is 1.51. The van der Waals surface area contributed by atoms with Crippen LogP contribution in [0.5, 0.6) is 11.5 Å². The topological polar surface area (TPSA) is 67.9 Å². The Balaban J connectivity index is 1.54. The molecular formula is C26H34N2O4. The van der Waals surface area contributed by atoms with Crippen LogP contribution in [0.15, 0.2) is 48.5 Å². The molecule has 6 nitrogen and oxygen atoms in total. The first-order valence-electron chi connectivity index (χ1n) is 11.5. The Morgan fingerprint density at radius 3 is 2.38 bits per heavy atom. The van der Waals surface area contributed by atoms with E-state index in [1.165, 1.54) is 0 Å². The summed E-state index contributed by atoms with van der Waals surface area (Å²) in [6.07, 6.45) is 3.23. The molecule has 0 spiro atoms. The third-order valence-electron chi connectivity index (χ3n) is 5.98. The number of hydrogen-bond donors (Lipinski definition) is 1. The standard InChI is InChI=1S/C26H34N2O4/c1-5-31-24-11-7-10-22(16-24)20(4)27-26(30)21-12-14-23(15-13-21)32-17-25(29)28-18(2)8-6-9-19(28)3/h7,10-16,18-20H,5-6,8-9,17H2,1-4H3,(H,27,30). The maximum Gasteiger partial charge on any atom is 0.260 e. The third kappa shape index (κ3) is 6.02. The summed E-state index contributed by atoms with van der Waals surface area (Å²) in [5, 5.41) is 3.01. The zero-order chi connectivity index (χ0) is 23.1. The average Bonchev–Trinajstić information content (AvgIpc) is 2.78. The number of rotatable bonds is 8. The Labute approximate surface area is 190 Å². The largest absolute Gasteiger partial charge is 0.494 e. The van der Waals surface area contributed by atoms with Crippen molar-refractivity contribution in [1.82, 2.24) is 10.2 Å². The number of amides is 2. The van der Waals surface area contributed by atoms with E-state index < -0.39 is 0 Å². The van der Waals surface area contributed by atoms with Gasteiger partial charge in [-0.3, -0.25) is 9.59 Å².